The fourth-order valence-corrected chi connectivity index (χ4v) is 2.85. The largest absolute Gasteiger partial charge is 0.312 e. The lowest BCUT2D eigenvalue weighted by Gasteiger charge is -2.14. The van der Waals surface area contributed by atoms with Crippen LogP contribution < -0.4 is 5.32 Å². The van der Waals surface area contributed by atoms with Crippen molar-refractivity contribution in [1.29, 1.82) is 0 Å². The molecule has 4 rings (SSSR count). The molecule has 1 N–H and O–H groups in total. The van der Waals surface area contributed by atoms with Gasteiger partial charge in [-0.25, -0.2) is 0 Å². The number of aromatic nitrogens is 5. The van der Waals surface area contributed by atoms with Crippen LogP contribution in [0.2, 0.25) is 0 Å². The number of hydrogen-bond donors (Lipinski definition) is 1. The molecule has 100 valence electrons. The summed E-state index contributed by atoms with van der Waals surface area (Å²) in [4.78, 5) is 0. The third kappa shape index (κ3) is 1.87. The fourth-order valence-electron chi connectivity index (χ4n) is 2.85. The molecule has 1 aliphatic carbocycles. The van der Waals surface area contributed by atoms with Gasteiger partial charge in [0.05, 0.1) is 0 Å². The van der Waals surface area contributed by atoms with Gasteiger partial charge in [0.15, 0.2) is 5.82 Å². The van der Waals surface area contributed by atoms with Crippen LogP contribution in [0.3, 0.4) is 0 Å². The Morgan fingerprint density at radius 2 is 2.32 bits per heavy atom. The minimum Gasteiger partial charge on any atom is -0.312 e. The zero-order valence-electron chi connectivity index (χ0n) is 11.1. The molecule has 0 unspecified atom stereocenters. The molecule has 2 aliphatic rings. The topological polar surface area (TPSA) is 60.6 Å². The van der Waals surface area contributed by atoms with Gasteiger partial charge >= 0.3 is 0 Å². The van der Waals surface area contributed by atoms with Crippen molar-refractivity contribution in [2.24, 2.45) is 13.0 Å². The van der Waals surface area contributed by atoms with E-state index < -0.39 is 0 Å². The summed E-state index contributed by atoms with van der Waals surface area (Å²) in [5.41, 5.74) is 3.62. The molecule has 2 aromatic heterocycles. The minimum absolute atomic E-state index is 0.812. The Morgan fingerprint density at radius 1 is 1.42 bits per heavy atom. The van der Waals surface area contributed by atoms with Crippen molar-refractivity contribution in [3.05, 3.63) is 17.6 Å². The van der Waals surface area contributed by atoms with Gasteiger partial charge in [-0.05, 0) is 18.8 Å². The van der Waals surface area contributed by atoms with Gasteiger partial charge in [0.2, 0.25) is 0 Å². The average molecular weight is 258 g/mol. The van der Waals surface area contributed by atoms with Crippen molar-refractivity contribution in [2.45, 2.75) is 32.4 Å². The van der Waals surface area contributed by atoms with Crippen molar-refractivity contribution in [3.63, 3.8) is 0 Å². The van der Waals surface area contributed by atoms with Crippen LogP contribution in [0.1, 0.15) is 24.1 Å². The predicted octanol–water partition coefficient (Wildman–Crippen LogP) is 0.734. The summed E-state index contributed by atoms with van der Waals surface area (Å²) in [7, 11) is 2.02. The second-order valence-corrected chi connectivity index (χ2v) is 5.57. The maximum Gasteiger partial charge on any atom is 0.184 e. The molecule has 1 aliphatic heterocycles. The molecule has 1 saturated carbocycles. The van der Waals surface area contributed by atoms with E-state index in [1.165, 1.54) is 24.1 Å². The summed E-state index contributed by atoms with van der Waals surface area (Å²) in [6.45, 7) is 2.94. The molecule has 0 bridgehead atoms. The standard InChI is InChI=1S/C13H18N6/c1-18-11-4-5-14-6-10(11)12(17-18)13-16-15-8-19(13)7-9-2-3-9/h8-9,14H,2-7H2,1H3. The monoisotopic (exact) mass is 258 g/mol. The van der Waals surface area contributed by atoms with E-state index in [1.54, 1.807) is 0 Å². The molecule has 3 heterocycles. The average Bonchev–Trinajstić information content (AvgIpc) is 3.02. The third-order valence-corrected chi connectivity index (χ3v) is 4.09. The zero-order chi connectivity index (χ0) is 12.8. The van der Waals surface area contributed by atoms with E-state index >= 15 is 0 Å². The lowest BCUT2D eigenvalue weighted by Crippen LogP contribution is -2.24. The van der Waals surface area contributed by atoms with Crippen molar-refractivity contribution in [2.75, 3.05) is 6.54 Å². The second-order valence-electron chi connectivity index (χ2n) is 5.57. The molecule has 0 saturated heterocycles. The minimum atomic E-state index is 0.812. The Hall–Kier alpha value is -1.69. The van der Waals surface area contributed by atoms with Gasteiger partial charge in [0, 0.05) is 44.4 Å². The first-order chi connectivity index (χ1) is 9.33. The maximum absolute atomic E-state index is 4.68. The van der Waals surface area contributed by atoms with Crippen molar-refractivity contribution in [1.82, 2.24) is 29.9 Å². The molecule has 0 radical (unpaired) electrons. The normalized spacial score (nSPS) is 18.6. The van der Waals surface area contributed by atoms with E-state index in [9.17, 15) is 0 Å². The van der Waals surface area contributed by atoms with Crippen molar-refractivity contribution >= 4 is 0 Å². The Morgan fingerprint density at radius 3 is 3.16 bits per heavy atom. The van der Waals surface area contributed by atoms with Gasteiger partial charge in [0.25, 0.3) is 0 Å². The molecule has 0 aromatic carbocycles. The van der Waals surface area contributed by atoms with E-state index in [2.05, 4.69) is 25.2 Å². The molecule has 1 fully saturated rings. The van der Waals surface area contributed by atoms with Crippen LogP contribution in [0.25, 0.3) is 11.5 Å². The highest BCUT2D eigenvalue weighted by Crippen LogP contribution is 2.32. The Labute approximate surface area is 111 Å². The molecule has 6 heteroatoms. The lowest BCUT2D eigenvalue weighted by molar-refractivity contribution is 0.604. The van der Waals surface area contributed by atoms with Crippen LogP contribution in [-0.4, -0.2) is 31.1 Å². The smallest absolute Gasteiger partial charge is 0.184 e. The zero-order valence-corrected chi connectivity index (χ0v) is 11.1. The van der Waals surface area contributed by atoms with Crippen molar-refractivity contribution < 1.29 is 0 Å². The first kappa shape index (κ1) is 11.2. The molecule has 0 atom stereocenters. The van der Waals surface area contributed by atoms with E-state index in [1.807, 2.05) is 18.1 Å². The summed E-state index contributed by atoms with van der Waals surface area (Å²) in [6, 6.07) is 0. The van der Waals surface area contributed by atoms with Gasteiger partial charge < -0.3 is 9.88 Å². The molecule has 0 spiro atoms. The summed E-state index contributed by atoms with van der Waals surface area (Å²) in [5, 5.41) is 16.5. The van der Waals surface area contributed by atoms with Gasteiger partial charge in [-0.2, -0.15) is 5.10 Å². The maximum atomic E-state index is 4.68. The molecule has 2 aromatic rings. The number of nitrogens with zero attached hydrogens (tertiary/aromatic N) is 5. The first-order valence-corrected chi connectivity index (χ1v) is 6.96. The Balaban J connectivity index is 1.77. The molecular weight excluding hydrogens is 240 g/mol. The second kappa shape index (κ2) is 4.16. The molecule has 19 heavy (non-hydrogen) atoms. The SMILES string of the molecule is Cn1nc(-c2nncn2CC2CC2)c2c1CCNC2. The third-order valence-electron chi connectivity index (χ3n) is 4.09. The summed E-state index contributed by atoms with van der Waals surface area (Å²) in [5.74, 6) is 1.74. The van der Waals surface area contributed by atoms with Gasteiger partial charge in [-0.15, -0.1) is 10.2 Å². The van der Waals surface area contributed by atoms with Crippen LogP contribution in [0.4, 0.5) is 0 Å². The molecule has 6 nitrogen and oxygen atoms in total. The summed E-state index contributed by atoms with van der Waals surface area (Å²) < 4.78 is 4.16. The highest BCUT2D eigenvalue weighted by molar-refractivity contribution is 5.57. The number of nitrogens with one attached hydrogen (secondary N) is 1. The number of rotatable bonds is 3. The molecular formula is C13H18N6. The van der Waals surface area contributed by atoms with Gasteiger partial charge in [-0.3, -0.25) is 4.68 Å². The van der Waals surface area contributed by atoms with E-state index in [0.29, 0.717) is 0 Å². The Kier molecular flexibility index (Phi) is 2.44. The van der Waals surface area contributed by atoms with Crippen LogP contribution in [0, 0.1) is 5.92 Å². The van der Waals surface area contributed by atoms with Crippen LogP contribution >= 0.6 is 0 Å². The van der Waals surface area contributed by atoms with E-state index in [-0.39, 0.29) is 0 Å². The highest BCUT2D eigenvalue weighted by Gasteiger charge is 2.26. The summed E-state index contributed by atoms with van der Waals surface area (Å²) >= 11 is 0. The fraction of sp³-hybridized carbons (Fsp3) is 0.615. The highest BCUT2D eigenvalue weighted by atomic mass is 15.3. The lowest BCUT2D eigenvalue weighted by atomic mass is 10.1. The quantitative estimate of drug-likeness (QED) is 0.882. The Bertz CT molecular complexity index is 607. The van der Waals surface area contributed by atoms with Gasteiger partial charge in [-0.1, -0.05) is 0 Å². The van der Waals surface area contributed by atoms with Gasteiger partial charge in [0.1, 0.15) is 12.0 Å². The summed E-state index contributed by atoms with van der Waals surface area (Å²) in [6.07, 6.45) is 5.54. The first-order valence-electron chi connectivity index (χ1n) is 6.96. The van der Waals surface area contributed by atoms with Crippen LogP contribution in [-0.2, 0) is 26.6 Å². The number of fused-ring (bicyclic) bond motifs is 1. The predicted molar refractivity (Wildman–Crippen MR) is 70.4 cm³/mol. The molecule has 0 amide bonds. The van der Waals surface area contributed by atoms with Crippen molar-refractivity contribution in [3.8, 4) is 11.5 Å². The van der Waals surface area contributed by atoms with Crippen LogP contribution in [0.15, 0.2) is 6.33 Å². The number of aryl methyl sites for hydroxylation is 1. The van der Waals surface area contributed by atoms with E-state index in [4.69, 9.17) is 0 Å². The number of hydrogen-bond acceptors (Lipinski definition) is 4. The van der Waals surface area contributed by atoms with E-state index in [0.717, 1.165) is 43.5 Å². The van der Waals surface area contributed by atoms with Crippen LogP contribution in [0.5, 0.6) is 0 Å².